The van der Waals surface area contributed by atoms with E-state index >= 15 is 0 Å². The zero-order chi connectivity index (χ0) is 19.9. The number of carbonyl (C=O) groups excluding carboxylic acids is 3. The molecule has 1 aromatic heterocycles. The van der Waals surface area contributed by atoms with Crippen molar-refractivity contribution >= 4 is 34.9 Å². The minimum atomic E-state index is -0.663. The lowest BCUT2D eigenvalue weighted by Crippen LogP contribution is -2.15. The number of amides is 1. The Kier molecular flexibility index (Phi) is 6.14. The number of benzene rings is 2. The Morgan fingerprint density at radius 3 is 2.18 bits per heavy atom. The summed E-state index contributed by atoms with van der Waals surface area (Å²) in [6.07, 6.45) is 1.28. The molecule has 3 rings (SSSR count). The first kappa shape index (κ1) is 19.3. The third kappa shape index (κ3) is 5.02. The van der Waals surface area contributed by atoms with Crippen LogP contribution in [0.2, 0.25) is 5.15 Å². The highest BCUT2D eigenvalue weighted by atomic mass is 35.5. The Morgan fingerprint density at radius 2 is 1.54 bits per heavy atom. The molecule has 0 aliphatic heterocycles. The summed E-state index contributed by atoms with van der Waals surface area (Å²) in [5.74, 6) is -1.27. The topological polar surface area (TPSA) is 85.4 Å². The Bertz CT molecular complexity index is 987. The van der Waals surface area contributed by atoms with E-state index in [-0.39, 0.29) is 22.4 Å². The third-order valence-corrected chi connectivity index (χ3v) is 4.02. The molecular formula is C21H15ClN2O4. The van der Waals surface area contributed by atoms with Crippen LogP contribution in [0.4, 0.5) is 5.69 Å². The highest BCUT2D eigenvalue weighted by Gasteiger charge is 2.13. The van der Waals surface area contributed by atoms with Gasteiger partial charge in [-0.05, 0) is 48.5 Å². The number of nitrogens with zero attached hydrogens (tertiary/aromatic N) is 1. The lowest BCUT2D eigenvalue weighted by Gasteiger charge is -2.07. The van der Waals surface area contributed by atoms with Gasteiger partial charge in [0.05, 0.1) is 5.56 Å². The van der Waals surface area contributed by atoms with E-state index in [1.165, 1.54) is 18.3 Å². The fourth-order valence-corrected chi connectivity index (χ4v) is 2.44. The number of hydrogen-bond donors (Lipinski definition) is 1. The van der Waals surface area contributed by atoms with Crippen LogP contribution in [0.1, 0.15) is 31.1 Å². The van der Waals surface area contributed by atoms with Crippen LogP contribution in [0.5, 0.6) is 0 Å². The van der Waals surface area contributed by atoms with Crippen LogP contribution in [-0.2, 0) is 4.74 Å². The fourth-order valence-electron chi connectivity index (χ4n) is 2.33. The van der Waals surface area contributed by atoms with E-state index in [2.05, 4.69) is 10.3 Å². The molecule has 140 valence electrons. The van der Waals surface area contributed by atoms with Gasteiger partial charge in [0.15, 0.2) is 12.4 Å². The molecule has 0 spiro atoms. The molecule has 1 amide bonds. The van der Waals surface area contributed by atoms with Crippen LogP contribution in [0.15, 0.2) is 72.9 Å². The summed E-state index contributed by atoms with van der Waals surface area (Å²) in [4.78, 5) is 40.0. The number of nitrogens with one attached hydrogen (secondary N) is 1. The van der Waals surface area contributed by atoms with Gasteiger partial charge in [-0.25, -0.2) is 9.78 Å². The lowest BCUT2D eigenvalue weighted by molar-refractivity contribution is 0.0474. The summed E-state index contributed by atoms with van der Waals surface area (Å²) in [6.45, 7) is -0.406. The molecule has 0 atom stereocenters. The molecule has 0 saturated carbocycles. The number of aromatic nitrogens is 1. The number of halogens is 1. The summed E-state index contributed by atoms with van der Waals surface area (Å²) in [7, 11) is 0. The minimum Gasteiger partial charge on any atom is -0.454 e. The molecule has 7 heteroatoms. The molecule has 0 aliphatic rings. The monoisotopic (exact) mass is 394 g/mol. The summed E-state index contributed by atoms with van der Waals surface area (Å²) >= 11 is 5.66. The summed E-state index contributed by atoms with van der Waals surface area (Å²) in [5, 5.41) is 3.00. The normalized spacial score (nSPS) is 10.2. The maximum absolute atomic E-state index is 12.2. The Morgan fingerprint density at radius 1 is 0.857 bits per heavy atom. The number of Topliss-reactive ketones (excluding diaryl/α,β-unsaturated/α-hetero) is 1. The molecule has 28 heavy (non-hydrogen) atoms. The zero-order valence-electron chi connectivity index (χ0n) is 14.6. The molecule has 3 aromatic rings. The average Bonchev–Trinajstić information content (AvgIpc) is 2.73. The van der Waals surface area contributed by atoms with Crippen LogP contribution in [0.3, 0.4) is 0 Å². The number of carbonyl (C=O) groups is 3. The van der Waals surface area contributed by atoms with Crippen molar-refractivity contribution in [3.63, 3.8) is 0 Å². The van der Waals surface area contributed by atoms with Gasteiger partial charge in [-0.15, -0.1) is 0 Å². The van der Waals surface area contributed by atoms with Crippen LogP contribution >= 0.6 is 11.6 Å². The van der Waals surface area contributed by atoms with Crippen LogP contribution in [0, 0.1) is 0 Å². The standard InChI is InChI=1S/C21H15ClN2O4/c22-19-11-8-16(12-23-19)21(27)28-13-18(25)14-6-9-17(10-7-14)24-20(26)15-4-2-1-3-5-15/h1-12H,13H2,(H,24,26). The average molecular weight is 395 g/mol. The second kappa shape index (κ2) is 8.92. The molecule has 6 nitrogen and oxygen atoms in total. The second-order valence-electron chi connectivity index (χ2n) is 5.77. The van der Waals surface area contributed by atoms with Gasteiger partial charge in [0.1, 0.15) is 5.15 Å². The number of esters is 1. The van der Waals surface area contributed by atoms with Crippen molar-refractivity contribution in [1.82, 2.24) is 4.98 Å². The van der Waals surface area contributed by atoms with Gasteiger partial charge in [-0.3, -0.25) is 9.59 Å². The van der Waals surface area contributed by atoms with E-state index in [0.29, 0.717) is 16.8 Å². The Balaban J connectivity index is 1.55. The Hall–Kier alpha value is -3.51. The first-order valence-electron chi connectivity index (χ1n) is 8.31. The second-order valence-corrected chi connectivity index (χ2v) is 6.15. The predicted octanol–water partition coefficient (Wildman–Crippen LogP) is 4.03. The van der Waals surface area contributed by atoms with Crippen molar-refractivity contribution < 1.29 is 19.1 Å². The smallest absolute Gasteiger partial charge is 0.340 e. The van der Waals surface area contributed by atoms with Gasteiger partial charge in [0.25, 0.3) is 5.91 Å². The summed E-state index contributed by atoms with van der Waals surface area (Å²) in [5.41, 5.74) is 1.65. The maximum Gasteiger partial charge on any atom is 0.340 e. The fraction of sp³-hybridized carbons (Fsp3) is 0.0476. The molecule has 1 N–H and O–H groups in total. The molecule has 0 saturated heterocycles. The first-order chi connectivity index (χ1) is 13.5. The van der Waals surface area contributed by atoms with Gasteiger partial charge >= 0.3 is 5.97 Å². The largest absolute Gasteiger partial charge is 0.454 e. The molecule has 0 bridgehead atoms. The molecule has 0 fully saturated rings. The van der Waals surface area contributed by atoms with Crippen LogP contribution in [0.25, 0.3) is 0 Å². The van der Waals surface area contributed by atoms with E-state index in [4.69, 9.17) is 16.3 Å². The number of hydrogen-bond acceptors (Lipinski definition) is 5. The molecule has 2 aromatic carbocycles. The molecule has 0 radical (unpaired) electrons. The van der Waals surface area contributed by atoms with Gasteiger partial charge in [0, 0.05) is 23.0 Å². The Labute approximate surface area is 166 Å². The van der Waals surface area contributed by atoms with E-state index in [1.54, 1.807) is 48.5 Å². The van der Waals surface area contributed by atoms with E-state index in [9.17, 15) is 14.4 Å². The van der Waals surface area contributed by atoms with Crippen LogP contribution < -0.4 is 5.32 Å². The SMILES string of the molecule is O=C(COC(=O)c1ccc(Cl)nc1)c1ccc(NC(=O)c2ccccc2)cc1. The zero-order valence-corrected chi connectivity index (χ0v) is 15.3. The van der Waals surface area contributed by atoms with Crippen molar-refractivity contribution in [3.8, 4) is 0 Å². The van der Waals surface area contributed by atoms with Crippen molar-refractivity contribution in [2.45, 2.75) is 0 Å². The van der Waals surface area contributed by atoms with Crippen molar-refractivity contribution in [2.75, 3.05) is 11.9 Å². The van der Waals surface area contributed by atoms with E-state index in [1.807, 2.05) is 6.07 Å². The van der Waals surface area contributed by atoms with Gasteiger partial charge in [-0.1, -0.05) is 29.8 Å². The molecular weight excluding hydrogens is 380 g/mol. The number of rotatable bonds is 6. The lowest BCUT2D eigenvalue weighted by atomic mass is 10.1. The van der Waals surface area contributed by atoms with E-state index in [0.717, 1.165) is 0 Å². The number of anilines is 1. The maximum atomic E-state index is 12.2. The van der Waals surface area contributed by atoms with Gasteiger partial charge in [-0.2, -0.15) is 0 Å². The predicted molar refractivity (Wildman–Crippen MR) is 105 cm³/mol. The summed E-state index contributed by atoms with van der Waals surface area (Å²) < 4.78 is 5.00. The number of ketones is 1. The highest BCUT2D eigenvalue weighted by molar-refractivity contribution is 6.29. The third-order valence-electron chi connectivity index (χ3n) is 3.80. The number of pyridine rings is 1. The van der Waals surface area contributed by atoms with Gasteiger partial charge in [0.2, 0.25) is 0 Å². The highest BCUT2D eigenvalue weighted by Crippen LogP contribution is 2.13. The minimum absolute atomic E-state index is 0.205. The molecule has 0 unspecified atom stereocenters. The first-order valence-corrected chi connectivity index (χ1v) is 8.69. The quantitative estimate of drug-likeness (QED) is 0.387. The summed E-state index contributed by atoms with van der Waals surface area (Å²) in [6, 6.07) is 18.0. The molecule has 1 heterocycles. The van der Waals surface area contributed by atoms with Crippen molar-refractivity contribution in [1.29, 1.82) is 0 Å². The number of ether oxygens (including phenoxy) is 1. The van der Waals surface area contributed by atoms with Crippen molar-refractivity contribution in [2.24, 2.45) is 0 Å². The van der Waals surface area contributed by atoms with Crippen molar-refractivity contribution in [3.05, 3.63) is 94.8 Å². The molecule has 0 aliphatic carbocycles. The van der Waals surface area contributed by atoms with Gasteiger partial charge < -0.3 is 10.1 Å². The van der Waals surface area contributed by atoms with E-state index < -0.39 is 12.6 Å². The van der Waals surface area contributed by atoms with Crippen LogP contribution in [-0.4, -0.2) is 29.3 Å².